The van der Waals surface area contributed by atoms with Gasteiger partial charge in [0.2, 0.25) is 0 Å². The van der Waals surface area contributed by atoms with Crippen molar-refractivity contribution < 1.29 is 9.47 Å². The molecule has 0 aliphatic carbocycles. The summed E-state index contributed by atoms with van der Waals surface area (Å²) in [5.74, 6) is 0.858. The number of pyridine rings is 1. The van der Waals surface area contributed by atoms with E-state index in [4.69, 9.17) is 9.47 Å². The summed E-state index contributed by atoms with van der Waals surface area (Å²) in [4.78, 5) is 4.53. The summed E-state index contributed by atoms with van der Waals surface area (Å²) in [5.41, 5.74) is 3.24. The van der Waals surface area contributed by atoms with Crippen molar-refractivity contribution in [1.82, 2.24) is 14.9 Å². The second-order valence-corrected chi connectivity index (χ2v) is 6.99. The van der Waals surface area contributed by atoms with Gasteiger partial charge in [-0.05, 0) is 55.3 Å². The number of rotatable bonds is 5. The highest BCUT2D eigenvalue weighted by Gasteiger charge is 2.16. The van der Waals surface area contributed by atoms with Gasteiger partial charge in [0.05, 0.1) is 12.1 Å². The lowest BCUT2D eigenvalue weighted by Crippen LogP contribution is -2.41. The Kier molecular flexibility index (Phi) is 4.91. The molecular weight excluding hydrogens is 326 g/mol. The van der Waals surface area contributed by atoms with E-state index in [0.29, 0.717) is 12.6 Å². The molecule has 136 valence electrons. The van der Waals surface area contributed by atoms with Crippen molar-refractivity contribution >= 4 is 10.9 Å². The van der Waals surface area contributed by atoms with E-state index in [9.17, 15) is 0 Å². The molecule has 0 bridgehead atoms. The molecule has 1 atom stereocenters. The second-order valence-electron chi connectivity index (χ2n) is 6.99. The van der Waals surface area contributed by atoms with Gasteiger partial charge in [-0.15, -0.1) is 0 Å². The third-order valence-corrected chi connectivity index (χ3v) is 4.76. The van der Waals surface area contributed by atoms with Gasteiger partial charge in [-0.1, -0.05) is 0 Å². The molecule has 5 nitrogen and oxygen atoms in total. The summed E-state index contributed by atoms with van der Waals surface area (Å²) < 4.78 is 14.1. The first-order valence-corrected chi connectivity index (χ1v) is 9.22. The first kappa shape index (κ1) is 17.1. The smallest absolute Gasteiger partial charge is 0.129 e. The predicted octanol–water partition coefficient (Wildman–Crippen LogP) is 3.65. The fourth-order valence-electron chi connectivity index (χ4n) is 3.25. The van der Waals surface area contributed by atoms with Crippen LogP contribution in [0.3, 0.4) is 0 Å². The van der Waals surface area contributed by atoms with E-state index >= 15 is 0 Å². The monoisotopic (exact) mass is 351 g/mol. The Hall–Kier alpha value is -2.37. The summed E-state index contributed by atoms with van der Waals surface area (Å²) in [5, 5.41) is 4.37. The van der Waals surface area contributed by atoms with E-state index in [2.05, 4.69) is 65.4 Å². The van der Waals surface area contributed by atoms with Gasteiger partial charge >= 0.3 is 0 Å². The summed E-state index contributed by atoms with van der Waals surface area (Å²) in [6, 6.07) is 10.8. The van der Waals surface area contributed by atoms with E-state index in [-0.39, 0.29) is 6.10 Å². The number of nitrogens with zero attached hydrogens (tertiary/aromatic N) is 2. The third kappa shape index (κ3) is 3.59. The zero-order valence-corrected chi connectivity index (χ0v) is 15.3. The number of ether oxygens (including phenoxy) is 2. The summed E-state index contributed by atoms with van der Waals surface area (Å²) in [6.45, 7) is 7.36. The molecule has 3 heterocycles. The number of hydrogen-bond donors (Lipinski definition) is 1. The Morgan fingerprint density at radius 3 is 3.00 bits per heavy atom. The van der Waals surface area contributed by atoms with Crippen LogP contribution in [0, 0.1) is 0 Å². The molecule has 3 aromatic rings. The maximum absolute atomic E-state index is 6.16. The van der Waals surface area contributed by atoms with Crippen molar-refractivity contribution in [2.45, 2.75) is 26.0 Å². The summed E-state index contributed by atoms with van der Waals surface area (Å²) in [7, 11) is 0. The van der Waals surface area contributed by atoms with E-state index in [1.807, 2.05) is 12.3 Å². The maximum atomic E-state index is 6.16. The van der Waals surface area contributed by atoms with Gasteiger partial charge in [0.15, 0.2) is 0 Å². The Bertz CT molecular complexity index is 882. The number of benzene rings is 1. The minimum Gasteiger partial charge on any atom is -0.490 e. The van der Waals surface area contributed by atoms with Crippen molar-refractivity contribution in [3.05, 3.63) is 48.9 Å². The zero-order valence-electron chi connectivity index (χ0n) is 15.3. The maximum Gasteiger partial charge on any atom is 0.129 e. The molecule has 26 heavy (non-hydrogen) atoms. The second kappa shape index (κ2) is 7.48. The molecule has 4 rings (SSSR count). The Morgan fingerprint density at radius 2 is 2.23 bits per heavy atom. The van der Waals surface area contributed by atoms with Crippen LogP contribution in [0.4, 0.5) is 0 Å². The van der Waals surface area contributed by atoms with Gasteiger partial charge in [0.25, 0.3) is 0 Å². The van der Waals surface area contributed by atoms with Crippen LogP contribution in [0.25, 0.3) is 22.0 Å². The molecule has 1 aliphatic rings. The minimum absolute atomic E-state index is 0.0844. The topological polar surface area (TPSA) is 48.3 Å². The lowest BCUT2D eigenvalue weighted by molar-refractivity contribution is 0.000518. The molecule has 1 saturated heterocycles. The van der Waals surface area contributed by atoms with Crippen molar-refractivity contribution in [2.75, 3.05) is 26.3 Å². The van der Waals surface area contributed by atoms with E-state index < -0.39 is 0 Å². The van der Waals surface area contributed by atoms with Crippen LogP contribution in [-0.2, 0) is 4.74 Å². The molecule has 1 aliphatic heterocycles. The molecule has 0 spiro atoms. The fourth-order valence-corrected chi connectivity index (χ4v) is 3.25. The number of fused-ring (bicyclic) bond motifs is 1. The van der Waals surface area contributed by atoms with Crippen LogP contribution in [0.1, 0.15) is 19.9 Å². The van der Waals surface area contributed by atoms with Crippen molar-refractivity contribution in [1.29, 1.82) is 0 Å². The first-order valence-electron chi connectivity index (χ1n) is 9.22. The quantitative estimate of drug-likeness (QED) is 0.762. The highest BCUT2D eigenvalue weighted by atomic mass is 16.5. The molecule has 0 radical (unpaired) electrons. The molecule has 1 fully saturated rings. The highest BCUT2D eigenvalue weighted by molar-refractivity contribution is 5.90. The third-order valence-electron chi connectivity index (χ3n) is 4.76. The van der Waals surface area contributed by atoms with Crippen LogP contribution in [0.2, 0.25) is 0 Å². The Labute approximate surface area is 153 Å². The lowest BCUT2D eigenvalue weighted by atomic mass is 10.1. The molecule has 0 unspecified atom stereocenters. The molecule has 1 aromatic carbocycles. The molecular formula is C21H25N3O2. The molecule has 0 amide bonds. The Morgan fingerprint density at radius 1 is 1.31 bits per heavy atom. The number of nitrogens with one attached hydrogen (secondary N) is 1. The normalized spacial score (nSPS) is 17.7. The average Bonchev–Trinajstić information content (AvgIpc) is 3.17. The van der Waals surface area contributed by atoms with Crippen LogP contribution >= 0.6 is 0 Å². The van der Waals surface area contributed by atoms with Crippen molar-refractivity contribution in [3.8, 4) is 16.9 Å². The van der Waals surface area contributed by atoms with Gasteiger partial charge in [-0.25, -0.2) is 0 Å². The summed E-state index contributed by atoms with van der Waals surface area (Å²) >= 11 is 0. The largest absolute Gasteiger partial charge is 0.490 e. The van der Waals surface area contributed by atoms with E-state index in [1.165, 1.54) is 5.56 Å². The number of hydrogen-bond acceptors (Lipinski definition) is 4. The van der Waals surface area contributed by atoms with Gasteiger partial charge in [0, 0.05) is 43.1 Å². The van der Waals surface area contributed by atoms with Gasteiger partial charge in [-0.3, -0.25) is 4.98 Å². The SMILES string of the molecule is CC(C)n1ccc(-c2cc(OC[C@@H]3CNCCO3)c3cccnc3c2)c1. The Balaban J connectivity index is 1.65. The van der Waals surface area contributed by atoms with Crippen LogP contribution in [0.15, 0.2) is 48.9 Å². The van der Waals surface area contributed by atoms with Crippen molar-refractivity contribution in [2.24, 2.45) is 0 Å². The lowest BCUT2D eigenvalue weighted by Gasteiger charge is -2.24. The van der Waals surface area contributed by atoms with Gasteiger partial charge in [-0.2, -0.15) is 0 Å². The fraction of sp³-hybridized carbons (Fsp3) is 0.381. The molecule has 2 aromatic heterocycles. The van der Waals surface area contributed by atoms with E-state index in [0.717, 1.165) is 41.9 Å². The van der Waals surface area contributed by atoms with E-state index in [1.54, 1.807) is 0 Å². The van der Waals surface area contributed by atoms with Crippen LogP contribution in [0.5, 0.6) is 5.75 Å². The first-order chi connectivity index (χ1) is 12.7. The van der Waals surface area contributed by atoms with Crippen LogP contribution < -0.4 is 10.1 Å². The minimum atomic E-state index is 0.0844. The van der Waals surface area contributed by atoms with Gasteiger partial charge in [0.1, 0.15) is 18.5 Å². The summed E-state index contributed by atoms with van der Waals surface area (Å²) in [6.07, 6.45) is 6.20. The molecule has 1 N–H and O–H groups in total. The standard InChI is InChI=1S/C21H25N3O2/c1-15(2)24-8-5-16(13-24)17-10-20-19(4-3-6-23-20)21(11-17)26-14-18-12-22-7-9-25-18/h3-6,8,10-11,13,15,18,22H,7,9,12,14H2,1-2H3/t18-/m0/s1. The van der Waals surface area contributed by atoms with Crippen molar-refractivity contribution in [3.63, 3.8) is 0 Å². The zero-order chi connectivity index (χ0) is 17.9. The van der Waals surface area contributed by atoms with Crippen LogP contribution in [-0.4, -0.2) is 42.0 Å². The molecule has 5 heteroatoms. The predicted molar refractivity (Wildman–Crippen MR) is 104 cm³/mol. The average molecular weight is 351 g/mol. The number of morpholine rings is 1. The number of aromatic nitrogens is 2. The van der Waals surface area contributed by atoms with Gasteiger partial charge < -0.3 is 19.4 Å². The molecule has 0 saturated carbocycles. The highest BCUT2D eigenvalue weighted by Crippen LogP contribution is 2.32.